The number of hydrogen-bond donors (Lipinski definition) is 1. The van der Waals surface area contributed by atoms with Crippen molar-refractivity contribution in [3.63, 3.8) is 0 Å². The summed E-state index contributed by atoms with van der Waals surface area (Å²) in [6, 6.07) is 11.6. The van der Waals surface area contributed by atoms with Crippen LogP contribution in [0.5, 0.6) is 0 Å². The SMILES string of the molecule is Cc1ccc(NC(=O)COC(=O)c2ccc(N3CCCS3(=O)=O)cc2)c(Br)c1. The van der Waals surface area contributed by atoms with E-state index in [-0.39, 0.29) is 11.3 Å². The molecule has 1 aliphatic rings. The number of carbonyl (C=O) groups is 2. The number of rotatable bonds is 5. The van der Waals surface area contributed by atoms with Gasteiger partial charge in [-0.3, -0.25) is 9.10 Å². The van der Waals surface area contributed by atoms with Crippen molar-refractivity contribution in [1.82, 2.24) is 0 Å². The van der Waals surface area contributed by atoms with Gasteiger partial charge in [-0.25, -0.2) is 13.2 Å². The first-order chi connectivity index (χ1) is 13.3. The maximum Gasteiger partial charge on any atom is 0.338 e. The number of carbonyl (C=O) groups excluding carboxylic acids is 2. The van der Waals surface area contributed by atoms with Crippen LogP contribution in [0.1, 0.15) is 22.3 Å². The number of anilines is 2. The molecule has 148 valence electrons. The van der Waals surface area contributed by atoms with Crippen molar-refractivity contribution in [3.05, 3.63) is 58.1 Å². The van der Waals surface area contributed by atoms with E-state index < -0.39 is 28.5 Å². The van der Waals surface area contributed by atoms with Crippen LogP contribution in [0.15, 0.2) is 46.9 Å². The molecule has 2 aromatic carbocycles. The molecule has 0 unspecified atom stereocenters. The summed E-state index contributed by atoms with van der Waals surface area (Å²) in [7, 11) is -3.27. The third-order valence-electron chi connectivity index (χ3n) is 4.22. The summed E-state index contributed by atoms with van der Waals surface area (Å²) in [6.07, 6.45) is 0.582. The predicted molar refractivity (Wildman–Crippen MR) is 110 cm³/mol. The summed E-state index contributed by atoms with van der Waals surface area (Å²) < 4.78 is 31.0. The van der Waals surface area contributed by atoms with Gasteiger partial charge in [0, 0.05) is 11.0 Å². The lowest BCUT2D eigenvalue weighted by molar-refractivity contribution is -0.119. The summed E-state index contributed by atoms with van der Waals surface area (Å²) in [5.74, 6) is -0.991. The van der Waals surface area contributed by atoms with Gasteiger partial charge in [-0.2, -0.15) is 0 Å². The lowest BCUT2D eigenvalue weighted by atomic mass is 10.2. The lowest BCUT2D eigenvalue weighted by Gasteiger charge is -2.16. The minimum atomic E-state index is -3.27. The molecule has 1 N–H and O–H groups in total. The van der Waals surface area contributed by atoms with Crippen LogP contribution in [-0.4, -0.2) is 39.2 Å². The average Bonchev–Trinajstić information content (AvgIpc) is 3.01. The van der Waals surface area contributed by atoms with Crippen LogP contribution in [0.25, 0.3) is 0 Å². The van der Waals surface area contributed by atoms with Crippen LogP contribution >= 0.6 is 15.9 Å². The molecule has 0 aliphatic carbocycles. The van der Waals surface area contributed by atoms with E-state index in [9.17, 15) is 18.0 Å². The summed E-state index contributed by atoms with van der Waals surface area (Å²) in [4.78, 5) is 24.1. The average molecular weight is 467 g/mol. The fraction of sp³-hybridized carbons (Fsp3) is 0.263. The molecule has 28 heavy (non-hydrogen) atoms. The van der Waals surface area contributed by atoms with E-state index in [1.165, 1.54) is 16.4 Å². The zero-order valence-electron chi connectivity index (χ0n) is 15.1. The van der Waals surface area contributed by atoms with E-state index >= 15 is 0 Å². The third kappa shape index (κ3) is 4.71. The highest BCUT2D eigenvalue weighted by molar-refractivity contribution is 9.10. The number of nitrogens with one attached hydrogen (secondary N) is 1. The highest BCUT2D eigenvalue weighted by Crippen LogP contribution is 2.25. The fourth-order valence-electron chi connectivity index (χ4n) is 2.82. The Morgan fingerprint density at radius 3 is 2.50 bits per heavy atom. The van der Waals surface area contributed by atoms with E-state index in [0.717, 1.165) is 10.0 Å². The van der Waals surface area contributed by atoms with Gasteiger partial charge in [0.1, 0.15) is 0 Å². The molecule has 1 aliphatic heterocycles. The van der Waals surface area contributed by atoms with Gasteiger partial charge in [0.2, 0.25) is 10.0 Å². The zero-order valence-corrected chi connectivity index (χ0v) is 17.5. The molecule has 0 atom stereocenters. The maximum atomic E-state index is 12.1. The van der Waals surface area contributed by atoms with Gasteiger partial charge in [0.25, 0.3) is 5.91 Å². The normalized spacial score (nSPS) is 15.3. The molecule has 0 saturated carbocycles. The second-order valence-corrected chi connectivity index (χ2v) is 9.26. The number of benzene rings is 2. The number of esters is 1. The molecule has 1 heterocycles. The van der Waals surface area contributed by atoms with Crippen molar-refractivity contribution in [2.45, 2.75) is 13.3 Å². The van der Waals surface area contributed by atoms with Crippen LogP contribution < -0.4 is 9.62 Å². The van der Waals surface area contributed by atoms with Crippen LogP contribution in [0.2, 0.25) is 0 Å². The molecule has 3 rings (SSSR count). The van der Waals surface area contributed by atoms with Gasteiger partial charge in [-0.1, -0.05) is 6.07 Å². The molecular weight excluding hydrogens is 448 g/mol. The summed E-state index contributed by atoms with van der Waals surface area (Å²) in [5.41, 5.74) is 2.38. The Labute approximate surface area is 171 Å². The van der Waals surface area contributed by atoms with E-state index in [4.69, 9.17) is 4.74 Å². The topological polar surface area (TPSA) is 92.8 Å². The van der Waals surface area contributed by atoms with Crippen molar-refractivity contribution >= 4 is 49.2 Å². The number of aryl methyl sites for hydroxylation is 1. The van der Waals surface area contributed by atoms with Crippen molar-refractivity contribution in [2.75, 3.05) is 28.5 Å². The smallest absolute Gasteiger partial charge is 0.338 e. The van der Waals surface area contributed by atoms with Crippen molar-refractivity contribution in [2.24, 2.45) is 0 Å². The number of nitrogens with zero attached hydrogens (tertiary/aromatic N) is 1. The largest absolute Gasteiger partial charge is 0.452 e. The van der Waals surface area contributed by atoms with E-state index in [2.05, 4.69) is 21.2 Å². The Morgan fingerprint density at radius 1 is 1.18 bits per heavy atom. The van der Waals surface area contributed by atoms with Gasteiger partial charge in [0.15, 0.2) is 6.61 Å². The molecule has 0 bridgehead atoms. The number of ether oxygens (including phenoxy) is 1. The molecule has 1 amide bonds. The standard InChI is InChI=1S/C19H19BrN2O5S/c1-13-3-8-17(16(20)11-13)21-18(23)12-27-19(24)14-4-6-15(7-5-14)22-9-2-10-28(22,25)26/h3-8,11H,2,9-10,12H2,1H3,(H,21,23). The molecule has 2 aromatic rings. The first kappa shape index (κ1) is 20.3. The highest BCUT2D eigenvalue weighted by atomic mass is 79.9. The van der Waals surface area contributed by atoms with Gasteiger partial charge in [0.05, 0.1) is 22.7 Å². The number of amides is 1. The second-order valence-electron chi connectivity index (χ2n) is 6.40. The molecule has 0 aromatic heterocycles. The summed E-state index contributed by atoms with van der Waals surface area (Å²) in [6.45, 7) is 1.94. The lowest BCUT2D eigenvalue weighted by Crippen LogP contribution is -2.25. The van der Waals surface area contributed by atoms with Crippen LogP contribution in [0.3, 0.4) is 0 Å². The summed E-state index contributed by atoms with van der Waals surface area (Å²) in [5, 5.41) is 2.66. The predicted octanol–water partition coefficient (Wildman–Crippen LogP) is 3.09. The van der Waals surface area contributed by atoms with Gasteiger partial charge >= 0.3 is 5.97 Å². The Kier molecular flexibility index (Phi) is 6.04. The second kappa shape index (κ2) is 8.32. The van der Waals surface area contributed by atoms with Crippen molar-refractivity contribution in [3.8, 4) is 0 Å². The van der Waals surface area contributed by atoms with Crippen LogP contribution in [0, 0.1) is 6.92 Å². The third-order valence-corrected chi connectivity index (χ3v) is 6.75. The highest BCUT2D eigenvalue weighted by Gasteiger charge is 2.28. The minimum Gasteiger partial charge on any atom is -0.452 e. The van der Waals surface area contributed by atoms with Crippen molar-refractivity contribution in [1.29, 1.82) is 0 Å². The van der Waals surface area contributed by atoms with Crippen molar-refractivity contribution < 1.29 is 22.7 Å². The molecule has 1 saturated heterocycles. The Morgan fingerprint density at radius 2 is 1.89 bits per heavy atom. The Bertz CT molecular complexity index is 1010. The maximum absolute atomic E-state index is 12.1. The Balaban J connectivity index is 1.56. The molecule has 0 spiro atoms. The molecule has 7 nitrogen and oxygen atoms in total. The van der Waals surface area contributed by atoms with Crippen LogP contribution in [-0.2, 0) is 19.6 Å². The molecular formula is C19H19BrN2O5S. The monoisotopic (exact) mass is 466 g/mol. The van der Waals surface area contributed by atoms with Gasteiger partial charge in [-0.15, -0.1) is 0 Å². The molecule has 0 radical (unpaired) electrons. The van der Waals surface area contributed by atoms with Crippen LogP contribution in [0.4, 0.5) is 11.4 Å². The molecule has 9 heteroatoms. The molecule has 1 fully saturated rings. The number of hydrogen-bond acceptors (Lipinski definition) is 5. The fourth-order valence-corrected chi connectivity index (χ4v) is 4.97. The van der Waals surface area contributed by atoms with E-state index in [1.807, 2.05) is 19.1 Å². The minimum absolute atomic E-state index is 0.128. The quantitative estimate of drug-likeness (QED) is 0.683. The number of halogens is 1. The van der Waals surface area contributed by atoms with Gasteiger partial charge < -0.3 is 10.1 Å². The van der Waals surface area contributed by atoms with E-state index in [1.54, 1.807) is 18.2 Å². The Hall–Kier alpha value is -2.39. The first-order valence-corrected chi connectivity index (χ1v) is 11.0. The first-order valence-electron chi connectivity index (χ1n) is 8.60. The number of sulfonamides is 1. The van der Waals surface area contributed by atoms with Gasteiger partial charge in [-0.05, 0) is 71.2 Å². The summed E-state index contributed by atoms with van der Waals surface area (Å²) >= 11 is 3.37. The zero-order chi connectivity index (χ0) is 20.3. The van der Waals surface area contributed by atoms with E-state index in [0.29, 0.717) is 24.3 Å².